The molecule has 0 radical (unpaired) electrons. The summed E-state index contributed by atoms with van der Waals surface area (Å²) in [6, 6.07) is 0. The van der Waals surface area contributed by atoms with Crippen LogP contribution in [0, 0.1) is 0 Å². The maximum atomic E-state index is 5.49. The van der Waals surface area contributed by atoms with Gasteiger partial charge in [0.25, 0.3) is 0 Å². The van der Waals surface area contributed by atoms with Gasteiger partial charge in [-0.3, -0.25) is 0 Å². The van der Waals surface area contributed by atoms with E-state index in [-0.39, 0.29) is 12.4 Å². The van der Waals surface area contributed by atoms with Gasteiger partial charge in [0.1, 0.15) is 0 Å². The Hall–Kier alpha value is 0.426. The van der Waals surface area contributed by atoms with Crippen molar-refractivity contribution >= 4 is 37.3 Å². The summed E-state index contributed by atoms with van der Waals surface area (Å²) >= 11 is 7.12. The Morgan fingerprint density at radius 3 is 2.11 bits per heavy atom. The van der Waals surface area contributed by atoms with Crippen LogP contribution in [0.2, 0.25) is 5.02 Å². The molecule has 0 N–H and O–H groups in total. The van der Waals surface area contributed by atoms with Crippen LogP contribution in [0.15, 0.2) is 12.4 Å². The normalized spacial score (nSPS) is 8.33. The van der Waals surface area contributed by atoms with Crippen molar-refractivity contribution in [2.75, 3.05) is 0 Å². The monoisotopic (exact) mass is 172 g/mol. The summed E-state index contributed by atoms with van der Waals surface area (Å²) < 4.78 is 0.773. The number of nitrogens with zero attached hydrogens (tertiary/aromatic N) is 2. The zero-order chi connectivity index (χ0) is 5.98. The van der Waals surface area contributed by atoms with Gasteiger partial charge in [-0.05, 0) is 0 Å². The summed E-state index contributed by atoms with van der Waals surface area (Å²) in [6.07, 6.45) is 3.16. The Morgan fingerprint density at radius 1 is 1.33 bits per heavy atom. The molecule has 5 heteroatoms. The van der Waals surface area contributed by atoms with Crippen LogP contribution in [0.5, 0.6) is 0 Å². The number of aromatic nitrogens is 2. The van der Waals surface area contributed by atoms with E-state index in [1.165, 1.54) is 0 Å². The molecule has 0 saturated carbocycles. The van der Waals surface area contributed by atoms with Gasteiger partial charge in [-0.2, -0.15) is 0 Å². The quantitative estimate of drug-likeness (QED) is 0.389. The van der Waals surface area contributed by atoms with Crippen LogP contribution in [0.25, 0.3) is 0 Å². The van der Waals surface area contributed by atoms with Gasteiger partial charge in [-0.1, -0.05) is 0 Å². The Bertz CT molecular complexity index is 155. The molecule has 0 aliphatic heterocycles. The Kier molecular flexibility index (Phi) is 4.48. The first-order valence-electron chi connectivity index (χ1n) is 2.08. The van der Waals surface area contributed by atoms with Crippen molar-refractivity contribution in [3.8, 4) is 0 Å². The molecule has 0 fully saturated rings. The summed E-state index contributed by atoms with van der Waals surface area (Å²) in [5, 5.41) is 0.584. The van der Waals surface area contributed by atoms with Crippen molar-refractivity contribution in [2.45, 2.75) is 0 Å². The second-order valence-corrected chi connectivity index (χ2v) is 2.39. The van der Waals surface area contributed by atoms with E-state index in [4.69, 9.17) is 11.6 Å². The number of hydrogen-bond acceptors (Lipinski definition) is 2. The molecule has 0 saturated heterocycles. The van der Waals surface area contributed by atoms with Gasteiger partial charge in [-0.15, -0.1) is 0 Å². The van der Waals surface area contributed by atoms with Gasteiger partial charge in [0.2, 0.25) is 0 Å². The van der Waals surface area contributed by atoms with Crippen LogP contribution in [0.3, 0.4) is 0 Å². The topological polar surface area (TPSA) is 25.8 Å². The average Bonchev–Trinajstić information content (AvgIpc) is 1.77. The summed E-state index contributed by atoms with van der Waals surface area (Å²) in [5.74, 6) is 0. The molecular weight excluding hydrogens is 171 g/mol. The minimum atomic E-state index is 0. The molecule has 0 aromatic carbocycles. The molecule has 1 rings (SSSR count). The SMILES string of the molecule is [Cl-].[Mg+][c]1ncc(Cl)cn1. The van der Waals surface area contributed by atoms with Gasteiger partial charge in [0.15, 0.2) is 0 Å². The molecule has 0 aliphatic rings. The van der Waals surface area contributed by atoms with E-state index < -0.39 is 0 Å². The molecule has 1 heterocycles. The predicted octanol–water partition coefficient (Wildman–Crippen LogP) is -3.07. The van der Waals surface area contributed by atoms with Crippen LogP contribution in [-0.4, -0.2) is 31.7 Å². The second kappa shape index (κ2) is 4.27. The van der Waals surface area contributed by atoms with E-state index in [1.807, 2.05) is 0 Å². The molecule has 1 aromatic heterocycles. The molecule has 9 heavy (non-hydrogen) atoms. The Morgan fingerprint density at radius 2 is 1.78 bits per heavy atom. The van der Waals surface area contributed by atoms with Gasteiger partial charge in [-0.25, -0.2) is 0 Å². The van der Waals surface area contributed by atoms with Gasteiger partial charge >= 0.3 is 64.6 Å². The van der Waals surface area contributed by atoms with Crippen molar-refractivity contribution in [3.05, 3.63) is 17.4 Å². The molecule has 0 spiro atoms. The van der Waals surface area contributed by atoms with E-state index in [2.05, 4.69) is 9.97 Å². The standard InChI is InChI=1S/C4H2ClN2.ClH.Mg/c5-4-1-6-3-7-2-4;;/h1-2H;1H;/q;;+1/p-1. The molecule has 0 aliphatic carbocycles. The molecule has 1 aromatic rings. The fraction of sp³-hybridized carbons (Fsp3) is 0. The zero-order valence-electron chi connectivity index (χ0n) is 4.51. The van der Waals surface area contributed by atoms with E-state index in [9.17, 15) is 0 Å². The van der Waals surface area contributed by atoms with Crippen LogP contribution >= 0.6 is 11.6 Å². The van der Waals surface area contributed by atoms with Crippen molar-refractivity contribution in [1.29, 1.82) is 0 Å². The summed E-state index contributed by atoms with van der Waals surface area (Å²) in [6.45, 7) is 0. The third kappa shape index (κ3) is 3.20. The molecule has 0 bridgehead atoms. The van der Waals surface area contributed by atoms with Crippen molar-refractivity contribution in [2.24, 2.45) is 0 Å². The molecule has 0 unspecified atom stereocenters. The Balaban J connectivity index is 0.000000640. The first-order chi connectivity index (χ1) is 3.79. The molecular formula is C4H2Cl2MgN2. The molecule has 44 valence electrons. The minimum absolute atomic E-state index is 0. The van der Waals surface area contributed by atoms with Gasteiger partial charge in [0, 0.05) is 0 Å². The molecule has 0 amide bonds. The maximum absolute atomic E-state index is 5.49. The number of hydrogen-bond donors (Lipinski definition) is 0. The van der Waals surface area contributed by atoms with Crippen LogP contribution in [0.1, 0.15) is 0 Å². The Labute approximate surface area is 76.9 Å². The summed E-state index contributed by atoms with van der Waals surface area (Å²) in [7, 11) is 0. The third-order valence-electron chi connectivity index (χ3n) is 0.674. The number of halogens is 2. The molecule has 0 atom stereocenters. The second-order valence-electron chi connectivity index (χ2n) is 1.32. The van der Waals surface area contributed by atoms with Crippen molar-refractivity contribution in [3.63, 3.8) is 0 Å². The van der Waals surface area contributed by atoms with E-state index in [1.54, 1.807) is 34.1 Å². The van der Waals surface area contributed by atoms with E-state index in [0.717, 1.165) is 3.95 Å². The molecule has 2 nitrogen and oxygen atoms in total. The van der Waals surface area contributed by atoms with Crippen LogP contribution < -0.4 is 16.4 Å². The van der Waals surface area contributed by atoms with E-state index >= 15 is 0 Å². The van der Waals surface area contributed by atoms with Crippen molar-refractivity contribution < 1.29 is 12.4 Å². The fourth-order valence-electron chi connectivity index (χ4n) is 0.339. The first-order valence-corrected chi connectivity index (χ1v) is 3.17. The van der Waals surface area contributed by atoms with Crippen LogP contribution in [0.4, 0.5) is 0 Å². The predicted molar refractivity (Wildman–Crippen MR) is 32.4 cm³/mol. The summed E-state index contributed by atoms with van der Waals surface area (Å²) in [4.78, 5) is 7.70. The van der Waals surface area contributed by atoms with E-state index in [0.29, 0.717) is 5.02 Å². The summed E-state index contributed by atoms with van der Waals surface area (Å²) in [5.41, 5.74) is 0. The zero-order valence-corrected chi connectivity index (χ0v) is 7.44. The first kappa shape index (κ1) is 9.43. The number of rotatable bonds is 0. The van der Waals surface area contributed by atoms with Gasteiger partial charge in [0.05, 0.1) is 0 Å². The van der Waals surface area contributed by atoms with Gasteiger partial charge < -0.3 is 12.4 Å². The fourth-order valence-corrected chi connectivity index (χ4v) is 0.619. The van der Waals surface area contributed by atoms with Crippen molar-refractivity contribution in [1.82, 2.24) is 9.97 Å². The third-order valence-corrected chi connectivity index (χ3v) is 1.23. The van der Waals surface area contributed by atoms with Crippen LogP contribution in [-0.2, 0) is 0 Å². The average molecular weight is 173 g/mol.